The second-order valence-corrected chi connectivity index (χ2v) is 6.62. The summed E-state index contributed by atoms with van der Waals surface area (Å²) in [4.78, 5) is 0. The van der Waals surface area contributed by atoms with Gasteiger partial charge in [-0.25, -0.2) is 8.42 Å². The molecular formula is C9H11BrClNO2S. The van der Waals surface area contributed by atoms with E-state index in [1.54, 1.807) is 12.1 Å². The summed E-state index contributed by atoms with van der Waals surface area (Å²) in [5.41, 5.74) is 0.797. The van der Waals surface area contributed by atoms with E-state index in [0.29, 0.717) is 11.6 Å². The molecule has 0 amide bonds. The molecule has 0 aliphatic carbocycles. The highest BCUT2D eigenvalue weighted by atomic mass is 79.9. The molecule has 0 aromatic heterocycles. The van der Waals surface area contributed by atoms with Crippen molar-refractivity contribution in [3.63, 3.8) is 0 Å². The molecule has 6 heteroatoms. The van der Waals surface area contributed by atoms with Gasteiger partial charge in [0.2, 0.25) is 0 Å². The van der Waals surface area contributed by atoms with Crippen LogP contribution in [0.15, 0.2) is 22.7 Å². The minimum absolute atomic E-state index is 0.103. The summed E-state index contributed by atoms with van der Waals surface area (Å²) in [5.74, 6) is 0.103. The highest BCUT2D eigenvalue weighted by molar-refractivity contribution is 9.10. The number of sulfone groups is 1. The molecule has 1 aromatic rings. The fourth-order valence-corrected chi connectivity index (χ4v) is 2.06. The van der Waals surface area contributed by atoms with Crippen LogP contribution in [-0.2, 0) is 9.84 Å². The van der Waals surface area contributed by atoms with E-state index in [2.05, 4.69) is 21.2 Å². The van der Waals surface area contributed by atoms with Gasteiger partial charge in [0, 0.05) is 18.5 Å². The zero-order valence-corrected chi connectivity index (χ0v) is 11.3. The minimum atomic E-state index is -2.93. The average molecular weight is 313 g/mol. The van der Waals surface area contributed by atoms with E-state index in [9.17, 15) is 8.42 Å². The lowest BCUT2D eigenvalue weighted by molar-refractivity contribution is 0.602. The smallest absolute Gasteiger partial charge is 0.149 e. The number of anilines is 1. The molecule has 0 heterocycles. The molecule has 0 fully saturated rings. The van der Waals surface area contributed by atoms with Crippen LogP contribution >= 0.6 is 27.5 Å². The zero-order chi connectivity index (χ0) is 11.5. The molecule has 0 saturated heterocycles. The van der Waals surface area contributed by atoms with Crippen LogP contribution < -0.4 is 5.32 Å². The normalized spacial score (nSPS) is 11.4. The van der Waals surface area contributed by atoms with Crippen LogP contribution in [0.5, 0.6) is 0 Å². The molecule has 0 aliphatic heterocycles. The number of benzene rings is 1. The molecule has 0 bridgehead atoms. The van der Waals surface area contributed by atoms with Crippen LogP contribution in [0, 0.1) is 0 Å². The van der Waals surface area contributed by atoms with Crippen LogP contribution in [0.4, 0.5) is 5.69 Å². The maximum Gasteiger partial charge on any atom is 0.149 e. The topological polar surface area (TPSA) is 46.2 Å². The standard InChI is InChI=1S/C9H11BrClNO2S/c1-15(13,14)6-5-12-8-4-2-3-7(11)9(8)10/h2-4,12H,5-6H2,1H3. The van der Waals surface area contributed by atoms with Gasteiger partial charge in [0.05, 0.1) is 15.2 Å². The van der Waals surface area contributed by atoms with Crippen molar-refractivity contribution in [2.45, 2.75) is 0 Å². The van der Waals surface area contributed by atoms with Crippen molar-refractivity contribution in [2.75, 3.05) is 23.9 Å². The van der Waals surface area contributed by atoms with E-state index < -0.39 is 9.84 Å². The fourth-order valence-electron chi connectivity index (χ4n) is 1.01. The van der Waals surface area contributed by atoms with Crippen LogP contribution in [0.2, 0.25) is 5.02 Å². The number of hydrogen-bond acceptors (Lipinski definition) is 3. The Morgan fingerprint density at radius 2 is 2.13 bits per heavy atom. The third-order valence-electron chi connectivity index (χ3n) is 1.74. The first kappa shape index (κ1) is 12.8. The quantitative estimate of drug-likeness (QED) is 0.929. The molecule has 3 nitrogen and oxygen atoms in total. The summed E-state index contributed by atoms with van der Waals surface area (Å²) >= 11 is 9.19. The van der Waals surface area contributed by atoms with Crippen molar-refractivity contribution in [1.82, 2.24) is 0 Å². The number of nitrogens with one attached hydrogen (secondary N) is 1. The van der Waals surface area contributed by atoms with E-state index in [1.807, 2.05) is 6.07 Å². The summed E-state index contributed by atoms with van der Waals surface area (Å²) in [7, 11) is -2.93. The molecular weight excluding hydrogens is 302 g/mol. The van der Waals surface area contributed by atoms with E-state index in [4.69, 9.17) is 11.6 Å². The maximum atomic E-state index is 10.9. The molecule has 1 N–H and O–H groups in total. The van der Waals surface area contributed by atoms with Crippen LogP contribution in [0.3, 0.4) is 0 Å². The van der Waals surface area contributed by atoms with Gasteiger partial charge in [0.1, 0.15) is 9.84 Å². The Kier molecular flexibility index (Phi) is 4.43. The third kappa shape index (κ3) is 4.40. The van der Waals surface area contributed by atoms with Crippen molar-refractivity contribution in [3.8, 4) is 0 Å². The lowest BCUT2D eigenvalue weighted by Gasteiger charge is -2.08. The second-order valence-electron chi connectivity index (χ2n) is 3.16. The SMILES string of the molecule is CS(=O)(=O)CCNc1cccc(Cl)c1Br. The summed E-state index contributed by atoms with van der Waals surface area (Å²) in [6.07, 6.45) is 1.21. The largest absolute Gasteiger partial charge is 0.383 e. The van der Waals surface area contributed by atoms with Crippen LogP contribution in [0.25, 0.3) is 0 Å². The summed E-state index contributed by atoms with van der Waals surface area (Å²) in [6, 6.07) is 5.39. The summed E-state index contributed by atoms with van der Waals surface area (Å²) < 4.78 is 22.5. The van der Waals surface area contributed by atoms with Gasteiger partial charge in [-0.2, -0.15) is 0 Å². The van der Waals surface area contributed by atoms with Gasteiger partial charge >= 0.3 is 0 Å². The van der Waals surface area contributed by atoms with Gasteiger partial charge in [-0.1, -0.05) is 17.7 Å². The Bertz CT molecular complexity index is 447. The third-order valence-corrected chi connectivity index (χ3v) is 4.08. The fraction of sp³-hybridized carbons (Fsp3) is 0.333. The Morgan fingerprint density at radius 1 is 1.47 bits per heavy atom. The highest BCUT2D eigenvalue weighted by Crippen LogP contribution is 2.29. The molecule has 0 spiro atoms. The van der Waals surface area contributed by atoms with Gasteiger partial charge in [0.15, 0.2) is 0 Å². The molecule has 15 heavy (non-hydrogen) atoms. The second kappa shape index (κ2) is 5.18. The lowest BCUT2D eigenvalue weighted by atomic mass is 10.3. The van der Waals surface area contributed by atoms with Gasteiger partial charge in [0.25, 0.3) is 0 Å². The Hall–Kier alpha value is -0.260. The minimum Gasteiger partial charge on any atom is -0.383 e. The van der Waals surface area contributed by atoms with Crippen molar-refractivity contribution in [1.29, 1.82) is 0 Å². The predicted octanol–water partition coefficient (Wildman–Crippen LogP) is 2.56. The van der Waals surface area contributed by atoms with Crippen LogP contribution in [-0.4, -0.2) is 27.0 Å². The van der Waals surface area contributed by atoms with E-state index in [-0.39, 0.29) is 5.75 Å². The van der Waals surface area contributed by atoms with E-state index in [0.717, 1.165) is 10.2 Å². The molecule has 1 aromatic carbocycles. The van der Waals surface area contributed by atoms with Gasteiger partial charge in [-0.05, 0) is 28.1 Å². The van der Waals surface area contributed by atoms with Crippen molar-refractivity contribution in [2.24, 2.45) is 0 Å². The van der Waals surface area contributed by atoms with Crippen molar-refractivity contribution < 1.29 is 8.42 Å². The molecule has 0 atom stereocenters. The first-order valence-electron chi connectivity index (χ1n) is 4.26. The highest BCUT2D eigenvalue weighted by Gasteiger charge is 2.05. The molecule has 0 radical (unpaired) electrons. The Balaban J connectivity index is 2.62. The Morgan fingerprint density at radius 3 is 2.73 bits per heavy atom. The first-order valence-corrected chi connectivity index (χ1v) is 7.49. The number of rotatable bonds is 4. The van der Waals surface area contributed by atoms with E-state index >= 15 is 0 Å². The summed E-state index contributed by atoms with van der Waals surface area (Å²) in [5, 5.41) is 3.60. The van der Waals surface area contributed by atoms with Crippen LogP contribution in [0.1, 0.15) is 0 Å². The molecule has 1 rings (SSSR count). The number of hydrogen-bond donors (Lipinski definition) is 1. The van der Waals surface area contributed by atoms with Crippen molar-refractivity contribution >= 4 is 43.1 Å². The van der Waals surface area contributed by atoms with Gasteiger partial charge in [-0.3, -0.25) is 0 Å². The maximum absolute atomic E-state index is 10.9. The van der Waals surface area contributed by atoms with E-state index in [1.165, 1.54) is 6.26 Å². The lowest BCUT2D eigenvalue weighted by Crippen LogP contribution is -2.14. The average Bonchev–Trinajstić information content (AvgIpc) is 2.10. The first-order chi connectivity index (χ1) is 6.90. The van der Waals surface area contributed by atoms with Crippen molar-refractivity contribution in [3.05, 3.63) is 27.7 Å². The molecule has 84 valence electrons. The zero-order valence-electron chi connectivity index (χ0n) is 8.13. The Labute approximate surface area is 103 Å². The van der Waals surface area contributed by atoms with Gasteiger partial charge in [-0.15, -0.1) is 0 Å². The molecule has 0 saturated carbocycles. The predicted molar refractivity (Wildman–Crippen MR) is 67.4 cm³/mol. The molecule has 0 aliphatic rings. The van der Waals surface area contributed by atoms with Gasteiger partial charge < -0.3 is 5.32 Å². The summed E-state index contributed by atoms with van der Waals surface area (Å²) in [6.45, 7) is 0.373. The number of halogens is 2. The molecule has 0 unspecified atom stereocenters. The monoisotopic (exact) mass is 311 g/mol.